The van der Waals surface area contributed by atoms with E-state index in [1.54, 1.807) is 30.1 Å². The van der Waals surface area contributed by atoms with Crippen molar-refractivity contribution in [3.63, 3.8) is 0 Å². The minimum absolute atomic E-state index is 0.122. The van der Waals surface area contributed by atoms with Gasteiger partial charge in [0.1, 0.15) is 0 Å². The molecule has 10 nitrogen and oxygen atoms in total. The van der Waals surface area contributed by atoms with E-state index >= 15 is 8.90 Å². The lowest BCUT2D eigenvalue weighted by molar-refractivity contribution is -0.146. The van der Waals surface area contributed by atoms with Crippen LogP contribution in [0.15, 0.2) is 113 Å². The number of hydrazone groups is 2. The second-order valence-corrected chi connectivity index (χ2v) is 19.1. The lowest BCUT2D eigenvalue weighted by atomic mass is 9.82. The van der Waals surface area contributed by atoms with Crippen molar-refractivity contribution in [3.05, 3.63) is 125 Å². The number of rotatable bonds is 9. The summed E-state index contributed by atoms with van der Waals surface area (Å²) in [6.07, 6.45) is 1.13. The number of carbonyl (C=O) groups excluding carboxylic acids is 3. The third-order valence-electron chi connectivity index (χ3n) is 11.4. The van der Waals surface area contributed by atoms with Crippen molar-refractivity contribution in [3.8, 4) is 0 Å². The molecule has 8 rings (SSSR count). The van der Waals surface area contributed by atoms with Crippen molar-refractivity contribution in [2.75, 3.05) is 21.5 Å². The molecule has 4 aromatic carbocycles. The summed E-state index contributed by atoms with van der Waals surface area (Å²) in [5.41, 5.74) is 4.28. The molecule has 0 radical (unpaired) electrons. The Kier molecular flexibility index (Phi) is 9.60. The van der Waals surface area contributed by atoms with Gasteiger partial charge in [-0.05, 0) is 66.5 Å². The van der Waals surface area contributed by atoms with E-state index in [9.17, 15) is 14.7 Å². The fraction of sp³-hybridized carbons (Fsp3) is 0.326. The number of carbonyl (C=O) groups is 3. The van der Waals surface area contributed by atoms with Gasteiger partial charge in [-0.2, -0.15) is 10.2 Å². The molecule has 12 heteroatoms. The Bertz CT molecular complexity index is 2210. The zero-order valence-corrected chi connectivity index (χ0v) is 32.2. The van der Waals surface area contributed by atoms with E-state index in [4.69, 9.17) is 14.9 Å². The zero-order chi connectivity index (χ0) is 38.5. The van der Waals surface area contributed by atoms with Gasteiger partial charge in [-0.3, -0.25) is 14.4 Å². The maximum Gasteiger partial charge on any atom is 0.264 e. The average Bonchev–Trinajstić information content (AvgIpc) is 3.62. The second kappa shape index (κ2) is 14.4. The smallest absolute Gasteiger partial charge is 0.264 e. The molecule has 282 valence electrons. The largest absolute Gasteiger partial charge is 0.396 e. The van der Waals surface area contributed by atoms with Crippen LogP contribution in [-0.2, 0) is 31.3 Å². The minimum Gasteiger partial charge on any atom is -0.396 e. The number of hydrogen-bond acceptors (Lipinski definition) is 7. The molecule has 4 heterocycles. The highest BCUT2D eigenvalue weighted by Crippen LogP contribution is 2.60. The van der Waals surface area contributed by atoms with Gasteiger partial charge in [-0.25, -0.2) is 10.0 Å². The molecule has 4 aliphatic heterocycles. The summed E-state index contributed by atoms with van der Waals surface area (Å²) in [6.45, 7) is 5.05. The maximum absolute atomic E-state index is 16.3. The van der Waals surface area contributed by atoms with E-state index in [0.717, 1.165) is 28.1 Å². The monoisotopic (exact) mass is 757 g/mol. The van der Waals surface area contributed by atoms with Crippen molar-refractivity contribution < 1.29 is 28.3 Å². The van der Waals surface area contributed by atoms with Crippen molar-refractivity contribution in [2.45, 2.75) is 75.9 Å². The SMILES string of the molecule is C[C@H]1[C@H]([Si](C)(C)F)[C@@H](CCO)O[C@]12C(=O)N(Cc1cccc(N3N=C(c4ccccc4)CCC3=O)c1)c1ccc(N3N=C(c4ccccc4)CCC3=O)cc12. The van der Waals surface area contributed by atoms with Gasteiger partial charge in [0.25, 0.3) is 5.91 Å². The summed E-state index contributed by atoms with van der Waals surface area (Å²) in [7, 11) is -3.44. The molecule has 0 saturated carbocycles. The normalized spacial score (nSPS) is 24.1. The van der Waals surface area contributed by atoms with Gasteiger partial charge < -0.3 is 18.9 Å². The first-order valence-corrected chi connectivity index (χ1v) is 21.9. The number of fused-ring (bicyclic) bond motifs is 2. The molecular weight excluding hydrogens is 714 g/mol. The summed E-state index contributed by atoms with van der Waals surface area (Å²) in [4.78, 5) is 43.4. The number of hydrogen-bond donors (Lipinski definition) is 1. The van der Waals surface area contributed by atoms with Crippen LogP contribution in [0.4, 0.5) is 21.2 Å². The summed E-state index contributed by atoms with van der Waals surface area (Å²) in [5, 5.41) is 22.4. The first-order chi connectivity index (χ1) is 26.5. The van der Waals surface area contributed by atoms with Crippen LogP contribution in [0.1, 0.15) is 61.3 Å². The Morgan fingerprint density at radius 2 is 1.36 bits per heavy atom. The predicted molar refractivity (Wildman–Crippen MR) is 213 cm³/mol. The number of aliphatic hydroxyl groups excluding tert-OH is 1. The van der Waals surface area contributed by atoms with Gasteiger partial charge in [0.2, 0.25) is 20.2 Å². The lowest BCUT2D eigenvalue weighted by Crippen LogP contribution is -2.45. The van der Waals surface area contributed by atoms with Crippen LogP contribution >= 0.6 is 0 Å². The number of aliphatic hydroxyl groups is 1. The summed E-state index contributed by atoms with van der Waals surface area (Å²) in [5.74, 6) is -1.21. The Balaban J connectivity index is 1.19. The molecule has 3 amide bonds. The van der Waals surface area contributed by atoms with Crippen LogP contribution in [0.5, 0.6) is 0 Å². The molecule has 0 aliphatic carbocycles. The number of nitrogens with zero attached hydrogens (tertiary/aromatic N) is 5. The van der Waals surface area contributed by atoms with Crippen LogP contribution in [0.25, 0.3) is 0 Å². The molecule has 55 heavy (non-hydrogen) atoms. The molecule has 1 N–H and O–H groups in total. The Labute approximate surface area is 321 Å². The van der Waals surface area contributed by atoms with Crippen LogP contribution in [0.3, 0.4) is 0 Å². The van der Waals surface area contributed by atoms with Crippen molar-refractivity contribution in [1.82, 2.24) is 0 Å². The first-order valence-electron chi connectivity index (χ1n) is 18.9. The standard InChI is InChI=1S/C43H44FN5O5Si/c1-28-41(55(2,3)44)38(23-24-50)54-43(28)34-26-33(49-40(52)22-19-36(46-49)31-14-8-5-9-15-31)17-20-37(34)47(42(43)53)27-29-11-10-16-32(25-29)48-39(51)21-18-35(45-48)30-12-6-4-7-13-30/h4-17,20,25-26,28,38,41,50H,18-19,21-24,27H2,1-3H3/t28-,38+,41-,43+/m0/s1. The molecule has 0 aromatic heterocycles. The molecule has 1 saturated heterocycles. The molecule has 4 aliphatic rings. The minimum atomic E-state index is -3.44. The number of halogens is 1. The van der Waals surface area contributed by atoms with E-state index in [1.165, 1.54) is 10.0 Å². The van der Waals surface area contributed by atoms with Crippen LogP contribution < -0.4 is 14.9 Å². The Hall–Kier alpha value is -5.30. The van der Waals surface area contributed by atoms with Crippen molar-refractivity contribution >= 4 is 54.6 Å². The predicted octanol–water partition coefficient (Wildman–Crippen LogP) is 7.45. The van der Waals surface area contributed by atoms with Gasteiger partial charge in [0.15, 0.2) is 5.60 Å². The zero-order valence-electron chi connectivity index (χ0n) is 31.2. The Morgan fingerprint density at radius 3 is 1.93 bits per heavy atom. The molecule has 4 aromatic rings. The fourth-order valence-corrected chi connectivity index (χ4v) is 11.4. The van der Waals surface area contributed by atoms with Gasteiger partial charge in [-0.15, -0.1) is 0 Å². The summed E-state index contributed by atoms with van der Waals surface area (Å²) >= 11 is 0. The van der Waals surface area contributed by atoms with Crippen LogP contribution in [0, 0.1) is 5.92 Å². The maximum atomic E-state index is 16.3. The molecule has 0 bridgehead atoms. The van der Waals surface area contributed by atoms with Gasteiger partial charge in [0, 0.05) is 49.3 Å². The molecule has 1 spiro atoms. The van der Waals surface area contributed by atoms with Gasteiger partial charge in [-0.1, -0.05) is 79.7 Å². The highest BCUT2D eigenvalue weighted by Gasteiger charge is 2.66. The van der Waals surface area contributed by atoms with E-state index in [0.29, 0.717) is 41.9 Å². The number of ether oxygens (including phenoxy) is 1. The number of amides is 3. The average molecular weight is 758 g/mol. The molecule has 0 unspecified atom stereocenters. The fourth-order valence-electron chi connectivity index (χ4n) is 8.87. The number of anilines is 3. The molecular formula is C43H44FN5O5Si. The van der Waals surface area contributed by atoms with Crippen molar-refractivity contribution in [2.24, 2.45) is 16.1 Å². The van der Waals surface area contributed by atoms with Gasteiger partial charge >= 0.3 is 0 Å². The topological polar surface area (TPSA) is 115 Å². The highest BCUT2D eigenvalue weighted by molar-refractivity contribution is 6.72. The van der Waals surface area contributed by atoms with Crippen LogP contribution in [0.2, 0.25) is 18.6 Å². The third kappa shape index (κ3) is 6.51. The quantitative estimate of drug-likeness (QED) is 0.141. The summed E-state index contributed by atoms with van der Waals surface area (Å²) < 4.78 is 23.0. The highest BCUT2D eigenvalue weighted by atomic mass is 28.4. The first kappa shape index (κ1) is 36.7. The van der Waals surface area contributed by atoms with Crippen LogP contribution in [-0.4, -0.2) is 55.4 Å². The van der Waals surface area contributed by atoms with Crippen molar-refractivity contribution in [1.29, 1.82) is 0 Å². The van der Waals surface area contributed by atoms with E-state index < -0.39 is 31.6 Å². The summed E-state index contributed by atoms with van der Waals surface area (Å²) in [6, 6.07) is 32.3. The van der Waals surface area contributed by atoms with E-state index in [1.807, 2.05) is 97.9 Å². The van der Waals surface area contributed by atoms with E-state index in [-0.39, 0.29) is 43.7 Å². The molecule has 4 atom stereocenters. The third-order valence-corrected chi connectivity index (χ3v) is 13.8. The molecule has 1 fully saturated rings. The lowest BCUT2D eigenvalue weighted by Gasteiger charge is -2.31. The second-order valence-electron chi connectivity index (χ2n) is 15.3. The Morgan fingerprint density at radius 1 is 0.782 bits per heavy atom. The van der Waals surface area contributed by atoms with Gasteiger partial charge in [0.05, 0.1) is 41.1 Å². The number of benzene rings is 4. The van der Waals surface area contributed by atoms with E-state index in [2.05, 4.69) is 0 Å².